The van der Waals surface area contributed by atoms with E-state index in [0.29, 0.717) is 12.1 Å². The quantitative estimate of drug-likeness (QED) is 0.755. The van der Waals surface area contributed by atoms with E-state index in [1.165, 1.54) is 25.7 Å². The highest BCUT2D eigenvalue weighted by Crippen LogP contribution is 2.43. The third-order valence-corrected chi connectivity index (χ3v) is 5.14. The second kappa shape index (κ2) is 3.69. The fourth-order valence-corrected chi connectivity index (χ4v) is 3.72. The second-order valence-electron chi connectivity index (χ2n) is 6.35. The van der Waals surface area contributed by atoms with Crippen molar-refractivity contribution in [3.8, 4) is 0 Å². The van der Waals surface area contributed by atoms with Crippen molar-refractivity contribution in [1.82, 2.24) is 4.90 Å². The Balaban J connectivity index is 1.68. The van der Waals surface area contributed by atoms with E-state index in [1.807, 2.05) is 0 Å². The lowest BCUT2D eigenvalue weighted by Gasteiger charge is -2.45. The highest BCUT2D eigenvalue weighted by Gasteiger charge is 2.49. The van der Waals surface area contributed by atoms with Crippen molar-refractivity contribution in [2.45, 2.75) is 68.7 Å². The van der Waals surface area contributed by atoms with Crippen molar-refractivity contribution >= 4 is 0 Å². The molecule has 3 aliphatic rings. The molecule has 2 aliphatic heterocycles. The molecule has 2 heterocycles. The molecule has 2 bridgehead atoms. The van der Waals surface area contributed by atoms with E-state index in [-0.39, 0.29) is 6.04 Å². The van der Waals surface area contributed by atoms with Gasteiger partial charge in [0.15, 0.2) is 0 Å². The molecule has 1 saturated carbocycles. The molecule has 3 heteroatoms. The zero-order valence-corrected chi connectivity index (χ0v) is 10.2. The molecule has 3 nitrogen and oxygen atoms in total. The van der Waals surface area contributed by atoms with E-state index in [0.717, 1.165) is 25.2 Å². The molecule has 3 fully saturated rings. The fourth-order valence-electron chi connectivity index (χ4n) is 3.72. The van der Waals surface area contributed by atoms with Crippen LogP contribution in [0.25, 0.3) is 0 Å². The van der Waals surface area contributed by atoms with Crippen molar-refractivity contribution in [1.29, 1.82) is 0 Å². The molecule has 16 heavy (non-hydrogen) atoms. The van der Waals surface area contributed by atoms with Crippen molar-refractivity contribution in [2.24, 2.45) is 11.7 Å². The van der Waals surface area contributed by atoms with Crippen molar-refractivity contribution in [3.05, 3.63) is 0 Å². The number of hydrogen-bond donors (Lipinski definition) is 2. The summed E-state index contributed by atoms with van der Waals surface area (Å²) in [6.45, 7) is 0. The van der Waals surface area contributed by atoms with Crippen molar-refractivity contribution in [3.63, 3.8) is 0 Å². The number of nitrogens with zero attached hydrogens (tertiary/aromatic N) is 1. The van der Waals surface area contributed by atoms with Crippen LogP contribution in [0.1, 0.15) is 44.9 Å². The van der Waals surface area contributed by atoms with Gasteiger partial charge in [0, 0.05) is 18.1 Å². The van der Waals surface area contributed by atoms with Gasteiger partial charge in [-0.25, -0.2) is 0 Å². The summed E-state index contributed by atoms with van der Waals surface area (Å²) in [5.41, 5.74) is 5.68. The van der Waals surface area contributed by atoms with E-state index in [9.17, 15) is 5.11 Å². The summed E-state index contributed by atoms with van der Waals surface area (Å²) in [7, 11) is 2.20. The predicted octanol–water partition coefficient (Wildman–Crippen LogP) is 1.10. The number of fused-ring (bicyclic) bond motifs is 2. The van der Waals surface area contributed by atoms with Gasteiger partial charge in [0.1, 0.15) is 0 Å². The Morgan fingerprint density at radius 1 is 1.25 bits per heavy atom. The Hall–Kier alpha value is -0.120. The van der Waals surface area contributed by atoms with E-state index < -0.39 is 5.60 Å². The third-order valence-electron chi connectivity index (χ3n) is 5.14. The largest absolute Gasteiger partial charge is 0.388 e. The van der Waals surface area contributed by atoms with Gasteiger partial charge in [-0.15, -0.1) is 0 Å². The number of aliphatic hydroxyl groups is 1. The molecule has 0 aromatic heterocycles. The smallest absolute Gasteiger partial charge is 0.0827 e. The first kappa shape index (κ1) is 11.0. The summed E-state index contributed by atoms with van der Waals surface area (Å²) in [5.74, 6) is 0.816. The predicted molar refractivity (Wildman–Crippen MR) is 64.1 cm³/mol. The lowest BCUT2D eigenvalue weighted by atomic mass is 9.79. The van der Waals surface area contributed by atoms with Crippen molar-refractivity contribution in [2.75, 3.05) is 7.05 Å². The molecule has 3 atom stereocenters. The van der Waals surface area contributed by atoms with Crippen LogP contribution in [0, 0.1) is 5.92 Å². The van der Waals surface area contributed by atoms with Gasteiger partial charge in [0.05, 0.1) is 5.60 Å². The molecular formula is C13H24N2O. The Labute approximate surface area is 98.0 Å². The average Bonchev–Trinajstić information content (AvgIpc) is 3.00. The molecule has 0 aromatic carbocycles. The van der Waals surface area contributed by atoms with Crippen LogP contribution < -0.4 is 5.73 Å². The number of hydrogen-bond acceptors (Lipinski definition) is 3. The van der Waals surface area contributed by atoms with Crippen LogP contribution in [0.5, 0.6) is 0 Å². The molecule has 3 rings (SSSR count). The van der Waals surface area contributed by atoms with Crippen LogP contribution in [-0.2, 0) is 0 Å². The van der Waals surface area contributed by atoms with Crippen LogP contribution in [-0.4, -0.2) is 40.8 Å². The van der Waals surface area contributed by atoms with Gasteiger partial charge in [0.2, 0.25) is 0 Å². The summed E-state index contributed by atoms with van der Waals surface area (Å²) < 4.78 is 0. The Kier molecular flexibility index (Phi) is 2.54. The van der Waals surface area contributed by atoms with Crippen LogP contribution >= 0.6 is 0 Å². The van der Waals surface area contributed by atoms with E-state index in [4.69, 9.17) is 5.73 Å². The number of nitrogens with two attached hydrogens (primary N) is 1. The first-order valence-corrected chi connectivity index (χ1v) is 6.78. The normalized spacial score (nSPS) is 45.9. The molecule has 0 spiro atoms. The summed E-state index contributed by atoms with van der Waals surface area (Å²) in [6, 6.07) is 1.17. The third kappa shape index (κ3) is 1.79. The Morgan fingerprint density at radius 3 is 2.31 bits per heavy atom. The Bertz CT molecular complexity index is 263. The van der Waals surface area contributed by atoms with Gasteiger partial charge in [-0.3, -0.25) is 0 Å². The summed E-state index contributed by atoms with van der Waals surface area (Å²) in [4.78, 5) is 2.46. The fraction of sp³-hybridized carbons (Fsp3) is 1.00. The number of piperidine rings is 1. The maximum Gasteiger partial charge on any atom is 0.0827 e. The zero-order valence-electron chi connectivity index (χ0n) is 10.2. The van der Waals surface area contributed by atoms with E-state index in [1.54, 1.807) is 0 Å². The van der Waals surface area contributed by atoms with Gasteiger partial charge in [-0.1, -0.05) is 12.8 Å². The molecule has 0 amide bonds. The second-order valence-corrected chi connectivity index (χ2v) is 6.35. The molecular weight excluding hydrogens is 200 g/mol. The summed E-state index contributed by atoms with van der Waals surface area (Å²) in [6.07, 6.45) is 7.99. The van der Waals surface area contributed by atoms with Gasteiger partial charge >= 0.3 is 0 Å². The average molecular weight is 224 g/mol. The maximum atomic E-state index is 10.8. The monoisotopic (exact) mass is 224 g/mol. The molecule has 3 unspecified atom stereocenters. The van der Waals surface area contributed by atoms with Gasteiger partial charge in [-0.05, 0) is 45.1 Å². The topological polar surface area (TPSA) is 49.5 Å². The first-order chi connectivity index (χ1) is 7.58. The lowest BCUT2D eigenvalue weighted by molar-refractivity contribution is -0.0644. The zero-order chi connectivity index (χ0) is 11.3. The minimum Gasteiger partial charge on any atom is -0.388 e. The van der Waals surface area contributed by atoms with Crippen molar-refractivity contribution < 1.29 is 5.11 Å². The van der Waals surface area contributed by atoms with Crippen LogP contribution in [0.2, 0.25) is 0 Å². The minimum absolute atomic E-state index is 0.0109. The maximum absolute atomic E-state index is 10.8. The summed E-state index contributed by atoms with van der Waals surface area (Å²) >= 11 is 0. The number of rotatable bonds is 3. The molecule has 0 radical (unpaired) electrons. The van der Waals surface area contributed by atoms with Gasteiger partial charge in [-0.2, -0.15) is 0 Å². The molecule has 3 N–H and O–H groups in total. The van der Waals surface area contributed by atoms with Gasteiger partial charge in [0.25, 0.3) is 0 Å². The molecule has 1 aliphatic carbocycles. The highest BCUT2D eigenvalue weighted by atomic mass is 16.3. The highest BCUT2D eigenvalue weighted by molar-refractivity contribution is 5.05. The molecule has 92 valence electrons. The van der Waals surface area contributed by atoms with Crippen LogP contribution in [0.15, 0.2) is 0 Å². The Morgan fingerprint density at radius 2 is 1.81 bits per heavy atom. The van der Waals surface area contributed by atoms with Gasteiger partial charge < -0.3 is 15.7 Å². The SMILES string of the molecule is CN1C2CCC1CC(O)(C(N)CC1CC1)C2. The van der Waals surface area contributed by atoms with E-state index in [2.05, 4.69) is 11.9 Å². The molecule has 2 saturated heterocycles. The minimum atomic E-state index is -0.569. The molecule has 0 aromatic rings. The van der Waals surface area contributed by atoms with Crippen LogP contribution in [0.3, 0.4) is 0 Å². The lowest BCUT2D eigenvalue weighted by Crippen LogP contribution is -2.58. The standard InChI is InChI=1S/C13H24N2O/c1-15-10-4-5-11(15)8-13(16,7-10)12(14)6-9-2-3-9/h9-12,16H,2-8,14H2,1H3. The van der Waals surface area contributed by atoms with E-state index >= 15 is 0 Å². The van der Waals surface area contributed by atoms with Crippen LogP contribution in [0.4, 0.5) is 0 Å². The summed E-state index contributed by atoms with van der Waals surface area (Å²) in [5, 5.41) is 10.8. The first-order valence-electron chi connectivity index (χ1n) is 6.78.